The van der Waals surface area contributed by atoms with E-state index in [9.17, 15) is 5.48 Å². The van der Waals surface area contributed by atoms with Gasteiger partial charge in [-0.3, -0.25) is 0 Å². The fourth-order valence-corrected chi connectivity index (χ4v) is 6.24. The van der Waals surface area contributed by atoms with Gasteiger partial charge in [0.1, 0.15) is 11.2 Å². The van der Waals surface area contributed by atoms with E-state index in [-0.39, 0.29) is 87.0 Å². The SMILES string of the molecule is [2H]c1c([2H])c(-c2c3ccccc3c(-c3c([2H])c(-c4ccccc4)c4oc5c([2H])c([2H])c([2H])c([2H])c5c4c3[2H])c3ccccc23)c([2H])c([2H])c1-c1ccccc1. The summed E-state index contributed by atoms with van der Waals surface area (Å²) in [5.41, 5.74) is 3.03. The lowest BCUT2D eigenvalue weighted by molar-refractivity contribution is 0.670. The highest BCUT2D eigenvalue weighted by molar-refractivity contribution is 6.23. The van der Waals surface area contributed by atoms with Crippen LogP contribution in [0, 0.1) is 0 Å². The number of rotatable bonds is 4. The molecule has 1 nitrogen and oxygen atoms in total. The Bertz CT molecular complexity index is 3000. The molecule has 0 unspecified atom stereocenters. The average molecular weight is 583 g/mol. The minimum absolute atomic E-state index is 0.0440. The van der Waals surface area contributed by atoms with Crippen LogP contribution in [0.4, 0.5) is 0 Å². The Labute approximate surface area is 275 Å². The molecule has 0 aliphatic carbocycles. The third-order valence-electron chi connectivity index (χ3n) is 8.24. The van der Waals surface area contributed by atoms with E-state index in [4.69, 9.17) is 12.6 Å². The lowest BCUT2D eigenvalue weighted by Gasteiger charge is -2.18. The summed E-state index contributed by atoms with van der Waals surface area (Å²) in [7, 11) is 0. The first kappa shape index (κ1) is 17.4. The molecule has 8 aromatic carbocycles. The van der Waals surface area contributed by atoms with E-state index in [2.05, 4.69) is 0 Å². The van der Waals surface area contributed by atoms with Crippen molar-refractivity contribution in [3.05, 3.63) is 170 Å². The van der Waals surface area contributed by atoms with Crippen LogP contribution >= 0.6 is 0 Å². The second kappa shape index (κ2) is 10.4. The highest BCUT2D eigenvalue weighted by Crippen LogP contribution is 2.46. The Morgan fingerprint density at radius 2 is 0.889 bits per heavy atom. The number of hydrogen-bond acceptors (Lipinski definition) is 1. The molecule has 1 aromatic heterocycles. The maximum atomic E-state index is 9.85. The minimum atomic E-state index is -0.464. The zero-order valence-electron chi connectivity index (χ0n) is 33.8. The number of para-hydroxylation sites is 1. The summed E-state index contributed by atoms with van der Waals surface area (Å²) in [6.45, 7) is 0. The molecule has 210 valence electrons. The van der Waals surface area contributed by atoms with Crippen molar-refractivity contribution >= 4 is 43.5 Å². The predicted octanol–water partition coefficient (Wildman–Crippen LogP) is 12.6. The number of hydrogen-bond donors (Lipinski definition) is 0. The second-order valence-corrected chi connectivity index (χ2v) is 10.8. The topological polar surface area (TPSA) is 13.1 Å². The molecule has 0 N–H and O–H groups in total. The van der Waals surface area contributed by atoms with Gasteiger partial charge in [0, 0.05) is 16.3 Å². The third-order valence-corrected chi connectivity index (χ3v) is 8.24. The first-order valence-electron chi connectivity index (χ1n) is 19.6. The van der Waals surface area contributed by atoms with Gasteiger partial charge in [-0.25, -0.2) is 0 Å². The number of fused-ring (bicyclic) bond motifs is 5. The van der Waals surface area contributed by atoms with Gasteiger partial charge in [-0.15, -0.1) is 0 Å². The minimum Gasteiger partial charge on any atom is -0.455 e. The molecule has 0 saturated carbocycles. The number of benzene rings is 8. The van der Waals surface area contributed by atoms with Crippen molar-refractivity contribution in [2.75, 3.05) is 0 Å². The molecule has 0 aliphatic heterocycles. The Hall–Kier alpha value is -5.92. The predicted molar refractivity (Wildman–Crippen MR) is 190 cm³/mol. The normalized spacial score (nSPS) is 14.7. The second-order valence-electron chi connectivity index (χ2n) is 10.8. The van der Waals surface area contributed by atoms with Crippen LogP contribution in [-0.2, 0) is 0 Å². The molecule has 0 bridgehead atoms. The Kier molecular flexibility index (Phi) is 4.01. The fourth-order valence-electron chi connectivity index (χ4n) is 6.24. The Morgan fingerprint density at radius 1 is 0.378 bits per heavy atom. The molecule has 0 aliphatic rings. The summed E-state index contributed by atoms with van der Waals surface area (Å²) in [4.78, 5) is 0. The van der Waals surface area contributed by atoms with Crippen molar-refractivity contribution in [1.82, 2.24) is 0 Å². The Morgan fingerprint density at radius 3 is 1.51 bits per heavy atom. The van der Waals surface area contributed by atoms with E-state index in [1.54, 1.807) is 24.3 Å². The van der Waals surface area contributed by atoms with E-state index < -0.39 is 12.1 Å². The van der Waals surface area contributed by atoms with Crippen LogP contribution in [-0.4, -0.2) is 0 Å². The van der Waals surface area contributed by atoms with Crippen LogP contribution in [0.1, 0.15) is 13.7 Å². The van der Waals surface area contributed by atoms with Crippen molar-refractivity contribution in [2.24, 2.45) is 0 Å². The van der Waals surface area contributed by atoms with Gasteiger partial charge in [0.2, 0.25) is 0 Å². The summed E-state index contributed by atoms with van der Waals surface area (Å²) < 4.78 is 97.1. The summed E-state index contributed by atoms with van der Waals surface area (Å²) in [6, 6.07) is 30.1. The van der Waals surface area contributed by atoms with E-state index in [1.807, 2.05) is 84.9 Å². The van der Waals surface area contributed by atoms with Crippen LogP contribution in [0.2, 0.25) is 0 Å². The summed E-state index contributed by atoms with van der Waals surface area (Å²) in [6.07, 6.45) is 0. The van der Waals surface area contributed by atoms with Crippen molar-refractivity contribution in [3.63, 3.8) is 0 Å². The van der Waals surface area contributed by atoms with Gasteiger partial charge >= 0.3 is 0 Å². The highest BCUT2D eigenvalue weighted by Gasteiger charge is 2.20. The molecule has 0 atom stereocenters. The fraction of sp³-hybridized carbons (Fsp3) is 0. The molecule has 0 spiro atoms. The molecule has 0 amide bonds. The summed E-state index contributed by atoms with van der Waals surface area (Å²) >= 11 is 0. The van der Waals surface area contributed by atoms with E-state index in [0.717, 1.165) is 0 Å². The molecule has 0 radical (unpaired) electrons. The zero-order chi connectivity index (χ0) is 38.4. The molecular weight excluding hydrogens is 544 g/mol. The average Bonchev–Trinajstić information content (AvgIpc) is 3.61. The van der Waals surface area contributed by atoms with Crippen LogP contribution in [0.5, 0.6) is 0 Å². The van der Waals surface area contributed by atoms with Gasteiger partial charge in [0.25, 0.3) is 0 Å². The maximum absolute atomic E-state index is 9.85. The lowest BCUT2D eigenvalue weighted by Crippen LogP contribution is -1.91. The van der Waals surface area contributed by atoms with Crippen molar-refractivity contribution in [1.29, 1.82) is 0 Å². The van der Waals surface area contributed by atoms with Gasteiger partial charge in [-0.05, 0) is 78.6 Å². The standard InChI is InChI=1S/C44H28O/c1-3-13-29(14-4-1)30-23-25-32(26-24-30)42-35-18-7-9-20-37(35)43(38-21-10-8-19-36(38)42)33-27-39(31-15-5-2-6-16-31)44-40(28-33)34-17-11-12-22-41(34)45-44/h1-28H/i11D,12D,17D,22D,23D,24D,25D,26D,27D,28D. The monoisotopic (exact) mass is 582 g/mol. The Balaban J connectivity index is 1.47. The highest BCUT2D eigenvalue weighted by atomic mass is 16.3. The quantitative estimate of drug-likeness (QED) is 0.188. The van der Waals surface area contributed by atoms with Crippen LogP contribution < -0.4 is 0 Å². The van der Waals surface area contributed by atoms with Crippen LogP contribution in [0.15, 0.2) is 174 Å². The maximum Gasteiger partial charge on any atom is 0.143 e. The molecule has 0 fully saturated rings. The van der Waals surface area contributed by atoms with Crippen molar-refractivity contribution in [3.8, 4) is 44.5 Å². The molecule has 9 rings (SSSR count). The molecule has 1 heterocycles. The smallest absolute Gasteiger partial charge is 0.143 e. The van der Waals surface area contributed by atoms with Gasteiger partial charge in [0.05, 0.1) is 13.7 Å². The van der Waals surface area contributed by atoms with Crippen molar-refractivity contribution in [2.45, 2.75) is 0 Å². The first-order chi connectivity index (χ1) is 26.5. The van der Waals surface area contributed by atoms with E-state index in [0.29, 0.717) is 49.4 Å². The molecule has 1 heteroatoms. The van der Waals surface area contributed by atoms with Gasteiger partial charge in [0.15, 0.2) is 0 Å². The third kappa shape index (κ3) is 4.17. The van der Waals surface area contributed by atoms with E-state index in [1.165, 1.54) is 0 Å². The zero-order valence-corrected chi connectivity index (χ0v) is 23.8. The molecule has 0 saturated heterocycles. The van der Waals surface area contributed by atoms with Crippen LogP contribution in [0.25, 0.3) is 88.0 Å². The summed E-state index contributed by atoms with van der Waals surface area (Å²) in [5.74, 6) is 0. The summed E-state index contributed by atoms with van der Waals surface area (Å²) in [5, 5.41) is 2.56. The van der Waals surface area contributed by atoms with Gasteiger partial charge in [-0.2, -0.15) is 0 Å². The molecule has 9 aromatic rings. The number of furan rings is 1. The molecule has 45 heavy (non-hydrogen) atoms. The van der Waals surface area contributed by atoms with Gasteiger partial charge in [-0.1, -0.05) is 151 Å². The van der Waals surface area contributed by atoms with Crippen LogP contribution in [0.3, 0.4) is 0 Å². The molecular formula is C44H28O. The largest absolute Gasteiger partial charge is 0.455 e. The van der Waals surface area contributed by atoms with Gasteiger partial charge < -0.3 is 4.42 Å². The lowest BCUT2D eigenvalue weighted by atomic mass is 9.84. The van der Waals surface area contributed by atoms with Crippen molar-refractivity contribution < 1.29 is 18.1 Å². The first-order valence-corrected chi connectivity index (χ1v) is 14.6. The van der Waals surface area contributed by atoms with E-state index >= 15 is 0 Å².